The van der Waals surface area contributed by atoms with Gasteiger partial charge in [0.05, 0.1) is 6.20 Å². The van der Waals surface area contributed by atoms with Gasteiger partial charge in [-0.1, -0.05) is 17.7 Å². The van der Waals surface area contributed by atoms with E-state index in [0.717, 1.165) is 42.5 Å². The third-order valence-corrected chi connectivity index (χ3v) is 8.34. The van der Waals surface area contributed by atoms with Crippen molar-refractivity contribution in [1.82, 2.24) is 30.0 Å². The number of anilines is 2. The Labute approximate surface area is 238 Å². The molecule has 9 nitrogen and oxygen atoms in total. The number of nitrogens with zero attached hydrogens (tertiary/aromatic N) is 5. The van der Waals surface area contributed by atoms with E-state index in [1.807, 2.05) is 35.8 Å². The molecule has 3 aromatic rings. The zero-order chi connectivity index (χ0) is 28.4. The largest absolute Gasteiger partial charge is 0.343 e. The zero-order valence-electron chi connectivity index (χ0n) is 23.1. The molecule has 40 heavy (non-hydrogen) atoms. The maximum atomic E-state index is 15.3. The quantitative estimate of drug-likeness (QED) is 0.438. The average molecular weight is 568 g/mol. The molecule has 212 valence electrons. The smallest absolute Gasteiger partial charge is 0.225 e. The van der Waals surface area contributed by atoms with Crippen LogP contribution in [0.15, 0.2) is 24.4 Å². The van der Waals surface area contributed by atoms with E-state index in [2.05, 4.69) is 25.5 Å². The third kappa shape index (κ3) is 6.27. The van der Waals surface area contributed by atoms with Gasteiger partial charge in [-0.25, -0.2) is 14.4 Å². The van der Waals surface area contributed by atoms with Crippen molar-refractivity contribution in [1.29, 1.82) is 0 Å². The number of likely N-dealkylation sites (tertiary alicyclic amines) is 2. The Kier molecular flexibility index (Phi) is 8.35. The molecular weight excluding hydrogens is 533 g/mol. The number of benzene rings is 1. The van der Waals surface area contributed by atoms with Crippen LogP contribution in [-0.2, 0) is 16.0 Å². The van der Waals surface area contributed by atoms with Crippen molar-refractivity contribution in [3.05, 3.63) is 63.4 Å². The van der Waals surface area contributed by atoms with E-state index in [0.29, 0.717) is 54.2 Å². The molecule has 2 saturated heterocycles. The molecule has 1 aromatic carbocycles. The number of aromatic amines is 1. The summed E-state index contributed by atoms with van der Waals surface area (Å²) in [5.41, 5.74) is 3.44. The molecule has 2 amide bonds. The lowest BCUT2D eigenvalue weighted by atomic mass is 9.85. The van der Waals surface area contributed by atoms with E-state index >= 15 is 4.39 Å². The average Bonchev–Trinajstić information content (AvgIpc) is 3.36. The monoisotopic (exact) mass is 567 g/mol. The summed E-state index contributed by atoms with van der Waals surface area (Å²) in [5.74, 6) is 1.62. The lowest BCUT2D eigenvalue weighted by molar-refractivity contribution is -0.140. The van der Waals surface area contributed by atoms with Crippen molar-refractivity contribution >= 4 is 35.1 Å². The molecular formula is C29H35ClFN7O2. The van der Waals surface area contributed by atoms with Crippen LogP contribution in [0.2, 0.25) is 5.02 Å². The van der Waals surface area contributed by atoms with Crippen LogP contribution in [0.3, 0.4) is 0 Å². The highest BCUT2D eigenvalue weighted by Gasteiger charge is 2.32. The molecule has 2 aliphatic rings. The van der Waals surface area contributed by atoms with E-state index < -0.39 is 0 Å². The van der Waals surface area contributed by atoms with Crippen LogP contribution in [0, 0.1) is 25.6 Å². The third-order valence-electron chi connectivity index (χ3n) is 8.07. The number of aryl methyl sites for hydroxylation is 2. The molecule has 5 rings (SSSR count). The maximum absolute atomic E-state index is 15.3. The highest BCUT2D eigenvalue weighted by molar-refractivity contribution is 6.32. The van der Waals surface area contributed by atoms with Crippen LogP contribution >= 0.6 is 11.6 Å². The van der Waals surface area contributed by atoms with Crippen molar-refractivity contribution in [2.75, 3.05) is 31.5 Å². The number of hydrogen-bond donors (Lipinski definition) is 2. The summed E-state index contributed by atoms with van der Waals surface area (Å²) in [6.45, 7) is 8.12. The topological polar surface area (TPSA) is 107 Å². The van der Waals surface area contributed by atoms with E-state index in [9.17, 15) is 9.59 Å². The summed E-state index contributed by atoms with van der Waals surface area (Å²) in [7, 11) is 0. The SMILES string of the molecule is CC(=O)N1CCC(C(=O)N2CCC(c3cc(F)c(Cc4ncc(Cl)c(Nc5cc(C)[nH]n5)n4)cc3C)CC2)CC1. The van der Waals surface area contributed by atoms with E-state index in [1.54, 1.807) is 13.0 Å². The van der Waals surface area contributed by atoms with Crippen molar-refractivity contribution < 1.29 is 14.0 Å². The molecule has 0 saturated carbocycles. The standard InChI is InChI=1S/C29H35ClFN7O2/c1-17-12-22(14-26-32-16-24(30)28(33-26)34-27-13-18(2)35-36-27)25(31)15-23(17)20-4-10-38(11-5-20)29(40)21-6-8-37(9-7-21)19(3)39/h12-13,15-16,20-21H,4-11,14H2,1-3H3,(H2,32,33,34,35,36). The van der Waals surface area contributed by atoms with Gasteiger partial charge in [0.1, 0.15) is 16.7 Å². The molecule has 2 aliphatic heterocycles. The predicted octanol–water partition coefficient (Wildman–Crippen LogP) is 4.91. The van der Waals surface area contributed by atoms with Crippen molar-refractivity contribution in [2.45, 2.75) is 58.8 Å². The van der Waals surface area contributed by atoms with Gasteiger partial charge in [0.15, 0.2) is 11.6 Å². The molecule has 0 aliphatic carbocycles. The highest BCUT2D eigenvalue weighted by atomic mass is 35.5. The molecule has 11 heteroatoms. The first-order valence-corrected chi connectivity index (χ1v) is 14.2. The van der Waals surface area contributed by atoms with Gasteiger partial charge < -0.3 is 15.1 Å². The number of carbonyl (C=O) groups excluding carboxylic acids is 2. The van der Waals surface area contributed by atoms with Crippen LogP contribution in [0.1, 0.15) is 66.7 Å². The Morgan fingerprint density at radius 3 is 2.42 bits per heavy atom. The van der Waals surface area contributed by atoms with Gasteiger partial charge in [0, 0.05) is 57.2 Å². The van der Waals surface area contributed by atoms with Crippen molar-refractivity contribution in [2.24, 2.45) is 5.92 Å². The van der Waals surface area contributed by atoms with Gasteiger partial charge in [-0.3, -0.25) is 14.7 Å². The van der Waals surface area contributed by atoms with Crippen LogP contribution in [0.25, 0.3) is 0 Å². The Balaban J connectivity index is 1.21. The number of halogens is 2. The fraction of sp³-hybridized carbons (Fsp3) is 0.483. The molecule has 0 bridgehead atoms. The number of aromatic nitrogens is 4. The number of nitrogens with one attached hydrogen (secondary N) is 2. The summed E-state index contributed by atoms with van der Waals surface area (Å²) in [5, 5.41) is 10.4. The predicted molar refractivity (Wildman–Crippen MR) is 151 cm³/mol. The second-order valence-corrected chi connectivity index (χ2v) is 11.3. The second kappa shape index (κ2) is 11.9. The Bertz CT molecular complexity index is 1400. The van der Waals surface area contributed by atoms with Gasteiger partial charge >= 0.3 is 0 Å². The summed E-state index contributed by atoms with van der Waals surface area (Å²) >= 11 is 6.27. The molecule has 4 heterocycles. The first-order chi connectivity index (χ1) is 19.2. The Hall–Kier alpha value is -3.53. The lowest BCUT2D eigenvalue weighted by Gasteiger charge is -2.37. The molecule has 0 unspecified atom stereocenters. The number of amides is 2. The fourth-order valence-electron chi connectivity index (χ4n) is 5.79. The minimum absolute atomic E-state index is 0.0141. The number of piperidine rings is 2. The summed E-state index contributed by atoms with van der Waals surface area (Å²) in [4.78, 5) is 37.3. The number of H-pyrrole nitrogens is 1. The lowest BCUT2D eigenvalue weighted by Crippen LogP contribution is -2.46. The van der Waals surface area contributed by atoms with E-state index in [4.69, 9.17) is 11.6 Å². The molecule has 0 radical (unpaired) electrons. The van der Waals surface area contributed by atoms with Crippen molar-refractivity contribution in [3.8, 4) is 0 Å². The van der Waals surface area contributed by atoms with Gasteiger partial charge in [0.25, 0.3) is 0 Å². The first-order valence-electron chi connectivity index (χ1n) is 13.8. The van der Waals surface area contributed by atoms with Gasteiger partial charge in [-0.15, -0.1) is 0 Å². The number of hydrogen-bond acceptors (Lipinski definition) is 6. The normalized spacial score (nSPS) is 16.8. The molecule has 2 fully saturated rings. The van der Waals surface area contributed by atoms with Crippen molar-refractivity contribution in [3.63, 3.8) is 0 Å². The van der Waals surface area contributed by atoms with Crippen LogP contribution in [0.4, 0.5) is 16.0 Å². The van der Waals surface area contributed by atoms with Crippen LogP contribution in [0.5, 0.6) is 0 Å². The van der Waals surface area contributed by atoms with Gasteiger partial charge in [0.2, 0.25) is 11.8 Å². The zero-order valence-corrected chi connectivity index (χ0v) is 23.9. The van der Waals surface area contributed by atoms with E-state index in [-0.39, 0.29) is 35.9 Å². The van der Waals surface area contributed by atoms with Crippen LogP contribution < -0.4 is 5.32 Å². The molecule has 0 spiro atoms. The number of rotatable bonds is 6. The highest BCUT2D eigenvalue weighted by Crippen LogP contribution is 2.33. The summed E-state index contributed by atoms with van der Waals surface area (Å²) < 4.78 is 15.3. The van der Waals surface area contributed by atoms with Gasteiger partial charge in [-0.2, -0.15) is 5.10 Å². The molecule has 2 aromatic heterocycles. The Morgan fingerprint density at radius 1 is 1.07 bits per heavy atom. The minimum Gasteiger partial charge on any atom is -0.343 e. The summed E-state index contributed by atoms with van der Waals surface area (Å²) in [6, 6.07) is 5.36. The molecule has 0 atom stereocenters. The minimum atomic E-state index is -0.285. The first kappa shape index (κ1) is 28.0. The molecule has 2 N–H and O–H groups in total. The Morgan fingerprint density at radius 2 is 1.77 bits per heavy atom. The van der Waals surface area contributed by atoms with E-state index in [1.165, 1.54) is 6.20 Å². The fourth-order valence-corrected chi connectivity index (χ4v) is 5.93. The second-order valence-electron chi connectivity index (χ2n) is 10.9. The summed E-state index contributed by atoms with van der Waals surface area (Å²) in [6.07, 6.45) is 4.79. The van der Waals surface area contributed by atoms with Gasteiger partial charge in [-0.05, 0) is 68.2 Å². The maximum Gasteiger partial charge on any atom is 0.225 e. The number of carbonyl (C=O) groups is 2. The van der Waals surface area contributed by atoms with Crippen LogP contribution in [-0.4, -0.2) is 68.0 Å².